The van der Waals surface area contributed by atoms with E-state index in [0.29, 0.717) is 19.1 Å². The minimum Gasteiger partial charge on any atom is -0.459 e. The van der Waals surface area contributed by atoms with Gasteiger partial charge < -0.3 is 15.1 Å². The molecule has 1 aromatic carbocycles. The van der Waals surface area contributed by atoms with Crippen molar-refractivity contribution in [3.63, 3.8) is 0 Å². The average molecular weight is 384 g/mol. The molecule has 0 unspecified atom stereocenters. The lowest BCUT2D eigenvalue weighted by Crippen LogP contribution is -2.51. The van der Waals surface area contributed by atoms with Gasteiger partial charge in [0.25, 0.3) is 0 Å². The molecule has 0 radical (unpaired) electrons. The maximum absolute atomic E-state index is 12.4. The lowest BCUT2D eigenvalue weighted by Gasteiger charge is -2.34. The van der Waals surface area contributed by atoms with Crippen molar-refractivity contribution in [1.29, 1.82) is 0 Å². The quantitative estimate of drug-likeness (QED) is 0.757. The monoisotopic (exact) mass is 384 g/mol. The molecule has 1 saturated carbocycles. The van der Waals surface area contributed by atoms with Gasteiger partial charge in [0.05, 0.1) is 19.1 Å². The first-order valence-corrected chi connectivity index (χ1v) is 10.1. The van der Waals surface area contributed by atoms with E-state index in [4.69, 9.17) is 4.42 Å². The van der Waals surface area contributed by atoms with Crippen LogP contribution in [0, 0.1) is 0 Å². The molecule has 150 valence electrons. The Kier molecular flexibility index (Phi) is 5.64. The molecular formula is C21H28N4O3. The zero-order valence-electron chi connectivity index (χ0n) is 16.3. The van der Waals surface area contributed by atoms with Crippen LogP contribution in [-0.2, 0) is 9.59 Å². The summed E-state index contributed by atoms with van der Waals surface area (Å²) in [5, 5.41) is 7.09. The molecule has 7 nitrogen and oxygen atoms in total. The third-order valence-corrected chi connectivity index (χ3v) is 5.39. The maximum Gasteiger partial charge on any atom is 0.234 e. The first-order valence-electron chi connectivity index (χ1n) is 10.1. The Bertz CT molecular complexity index is 804. The van der Waals surface area contributed by atoms with Crippen LogP contribution in [0.1, 0.15) is 31.6 Å². The number of hydrogen-bond donors (Lipinski definition) is 2. The zero-order chi connectivity index (χ0) is 19.5. The second-order valence-corrected chi connectivity index (χ2v) is 7.87. The van der Waals surface area contributed by atoms with Gasteiger partial charge in [-0.1, -0.05) is 18.2 Å². The fourth-order valence-corrected chi connectivity index (χ4v) is 3.59. The molecule has 2 heterocycles. The predicted molar refractivity (Wildman–Crippen MR) is 107 cm³/mol. The molecule has 1 aliphatic carbocycles. The Labute approximate surface area is 165 Å². The number of benzene rings is 1. The molecule has 1 aliphatic heterocycles. The molecule has 1 atom stereocenters. The first-order chi connectivity index (χ1) is 13.6. The van der Waals surface area contributed by atoms with Crippen LogP contribution >= 0.6 is 0 Å². The second-order valence-electron chi connectivity index (χ2n) is 7.87. The van der Waals surface area contributed by atoms with E-state index in [0.717, 1.165) is 55.8 Å². The number of nitrogens with zero attached hydrogens (tertiary/aromatic N) is 2. The molecule has 28 heavy (non-hydrogen) atoms. The molecule has 0 bridgehead atoms. The van der Waals surface area contributed by atoms with Gasteiger partial charge >= 0.3 is 0 Å². The molecule has 2 aromatic rings. The first kappa shape index (κ1) is 19.0. The minimum absolute atomic E-state index is 0.00659. The van der Waals surface area contributed by atoms with E-state index in [1.165, 1.54) is 0 Å². The predicted octanol–water partition coefficient (Wildman–Crippen LogP) is 1.51. The number of carbonyl (C=O) groups excluding carboxylic acids is 2. The number of nitrogens with one attached hydrogen (secondary N) is 2. The average Bonchev–Trinajstić information content (AvgIpc) is 3.37. The van der Waals surface area contributed by atoms with Crippen LogP contribution in [0.3, 0.4) is 0 Å². The van der Waals surface area contributed by atoms with Crippen LogP contribution in [-0.4, -0.2) is 66.9 Å². The van der Waals surface area contributed by atoms with E-state index in [-0.39, 0.29) is 17.9 Å². The van der Waals surface area contributed by atoms with Crippen molar-refractivity contribution in [2.24, 2.45) is 0 Å². The highest BCUT2D eigenvalue weighted by molar-refractivity contribution is 5.80. The highest BCUT2D eigenvalue weighted by Crippen LogP contribution is 2.23. The van der Waals surface area contributed by atoms with Crippen LogP contribution in [0.25, 0.3) is 11.0 Å². The number of fused-ring (bicyclic) bond motifs is 1. The van der Waals surface area contributed by atoms with Gasteiger partial charge in [0, 0.05) is 37.6 Å². The molecule has 1 saturated heterocycles. The van der Waals surface area contributed by atoms with Crippen LogP contribution < -0.4 is 10.6 Å². The van der Waals surface area contributed by atoms with Crippen LogP contribution in [0.5, 0.6) is 0 Å². The molecular weight excluding hydrogens is 356 g/mol. The second kappa shape index (κ2) is 8.32. The third-order valence-electron chi connectivity index (χ3n) is 5.39. The fourth-order valence-electron chi connectivity index (χ4n) is 3.59. The standard InChI is InChI=1S/C21H28N4O3/c1-15(19-12-16-4-2-3-5-18(16)28-19)22-20(26)13-24-8-10-25(11-9-24)14-21(27)23-17-6-7-17/h2-5,12,15,17H,6-11,13-14H2,1H3,(H,22,26)(H,23,27)/t15-/m1/s1. The van der Waals surface area contributed by atoms with Gasteiger partial charge in [-0.3, -0.25) is 19.4 Å². The number of rotatable bonds is 7. The smallest absolute Gasteiger partial charge is 0.234 e. The summed E-state index contributed by atoms with van der Waals surface area (Å²) in [5.41, 5.74) is 0.834. The van der Waals surface area contributed by atoms with Crippen molar-refractivity contribution in [2.45, 2.75) is 31.8 Å². The normalized spacial score (nSPS) is 19.5. The zero-order valence-corrected chi connectivity index (χ0v) is 16.3. The molecule has 4 rings (SSSR count). The summed E-state index contributed by atoms with van der Waals surface area (Å²) in [6.45, 7) is 5.97. The summed E-state index contributed by atoms with van der Waals surface area (Å²) >= 11 is 0. The molecule has 7 heteroatoms. The summed E-state index contributed by atoms with van der Waals surface area (Å²) in [6, 6.07) is 10.1. The molecule has 0 spiro atoms. The van der Waals surface area contributed by atoms with Gasteiger partial charge in [0.2, 0.25) is 11.8 Å². The van der Waals surface area contributed by atoms with Crippen LogP contribution in [0.2, 0.25) is 0 Å². The Balaban J connectivity index is 1.20. The Morgan fingerprint density at radius 1 is 1.07 bits per heavy atom. The SMILES string of the molecule is C[C@@H](NC(=O)CN1CCN(CC(=O)NC2CC2)CC1)c1cc2ccccc2o1. The Morgan fingerprint density at radius 2 is 1.71 bits per heavy atom. The van der Waals surface area contributed by atoms with Gasteiger partial charge in [0.15, 0.2) is 0 Å². The van der Waals surface area contributed by atoms with Gasteiger partial charge in [-0.05, 0) is 31.9 Å². The summed E-state index contributed by atoms with van der Waals surface area (Å²) in [6.07, 6.45) is 2.22. The van der Waals surface area contributed by atoms with Gasteiger partial charge in [-0.2, -0.15) is 0 Å². The number of furan rings is 1. The lowest BCUT2D eigenvalue weighted by atomic mass is 10.2. The summed E-state index contributed by atoms with van der Waals surface area (Å²) in [5.74, 6) is 0.877. The van der Waals surface area contributed by atoms with E-state index in [1.807, 2.05) is 37.3 Å². The molecule has 2 amide bonds. The van der Waals surface area contributed by atoms with Crippen LogP contribution in [0.15, 0.2) is 34.7 Å². The van der Waals surface area contributed by atoms with Crippen molar-refractivity contribution < 1.29 is 14.0 Å². The van der Waals surface area contributed by atoms with Crippen molar-refractivity contribution >= 4 is 22.8 Å². The maximum atomic E-state index is 12.4. The number of piperazine rings is 1. The molecule has 2 aliphatic rings. The highest BCUT2D eigenvalue weighted by Gasteiger charge is 2.26. The van der Waals surface area contributed by atoms with E-state index in [2.05, 4.69) is 20.4 Å². The largest absolute Gasteiger partial charge is 0.459 e. The van der Waals surface area contributed by atoms with Gasteiger partial charge in [-0.25, -0.2) is 0 Å². The number of carbonyl (C=O) groups is 2. The summed E-state index contributed by atoms with van der Waals surface area (Å²) < 4.78 is 5.83. The Morgan fingerprint density at radius 3 is 2.36 bits per heavy atom. The number of hydrogen-bond acceptors (Lipinski definition) is 5. The van der Waals surface area contributed by atoms with Gasteiger partial charge in [0.1, 0.15) is 11.3 Å². The van der Waals surface area contributed by atoms with Crippen molar-refractivity contribution in [3.8, 4) is 0 Å². The lowest BCUT2D eigenvalue weighted by molar-refractivity contribution is -0.125. The topological polar surface area (TPSA) is 77.8 Å². The Hall–Kier alpha value is -2.38. The summed E-state index contributed by atoms with van der Waals surface area (Å²) in [7, 11) is 0. The van der Waals surface area contributed by atoms with Crippen molar-refractivity contribution in [3.05, 3.63) is 36.1 Å². The summed E-state index contributed by atoms with van der Waals surface area (Å²) in [4.78, 5) is 28.6. The van der Waals surface area contributed by atoms with Crippen LogP contribution in [0.4, 0.5) is 0 Å². The van der Waals surface area contributed by atoms with E-state index < -0.39 is 0 Å². The van der Waals surface area contributed by atoms with E-state index in [9.17, 15) is 9.59 Å². The molecule has 2 fully saturated rings. The third kappa shape index (κ3) is 4.91. The fraction of sp³-hybridized carbons (Fsp3) is 0.524. The number of para-hydroxylation sites is 1. The highest BCUT2D eigenvalue weighted by atomic mass is 16.3. The molecule has 1 aromatic heterocycles. The van der Waals surface area contributed by atoms with E-state index in [1.54, 1.807) is 0 Å². The van der Waals surface area contributed by atoms with Crippen molar-refractivity contribution in [2.75, 3.05) is 39.3 Å². The minimum atomic E-state index is -0.174. The molecule has 2 N–H and O–H groups in total. The van der Waals surface area contributed by atoms with E-state index >= 15 is 0 Å². The number of amides is 2. The van der Waals surface area contributed by atoms with Crippen molar-refractivity contribution in [1.82, 2.24) is 20.4 Å². The van der Waals surface area contributed by atoms with Gasteiger partial charge in [-0.15, -0.1) is 0 Å².